The van der Waals surface area contributed by atoms with E-state index in [1.807, 2.05) is 13.8 Å². The topological polar surface area (TPSA) is 93.1 Å². The molecule has 0 saturated carbocycles. The van der Waals surface area contributed by atoms with Gasteiger partial charge in [-0.1, -0.05) is 47.0 Å². The van der Waals surface area contributed by atoms with Gasteiger partial charge in [0.25, 0.3) is 5.56 Å². The minimum absolute atomic E-state index is 0.0527. The van der Waals surface area contributed by atoms with Gasteiger partial charge in [0.15, 0.2) is 0 Å². The summed E-state index contributed by atoms with van der Waals surface area (Å²) in [5.41, 5.74) is 2.15. The zero-order valence-corrected chi connectivity index (χ0v) is 18.6. The summed E-state index contributed by atoms with van der Waals surface area (Å²) in [5, 5.41) is 7.51. The number of nitrogens with one attached hydrogen (secondary N) is 2. The van der Waals surface area contributed by atoms with Crippen molar-refractivity contribution >= 4 is 38.9 Å². The van der Waals surface area contributed by atoms with Gasteiger partial charge < -0.3 is 5.32 Å². The van der Waals surface area contributed by atoms with Gasteiger partial charge in [-0.2, -0.15) is 9.78 Å². The maximum absolute atomic E-state index is 12.6. The lowest BCUT2D eigenvalue weighted by Crippen LogP contribution is -2.29. The van der Waals surface area contributed by atoms with E-state index in [-0.39, 0.29) is 23.0 Å². The van der Waals surface area contributed by atoms with Crippen molar-refractivity contribution in [2.75, 3.05) is 18.4 Å². The molecule has 3 rings (SSSR count). The number of halogens is 2. The lowest BCUT2D eigenvalue weighted by atomic mass is 10.2. The smallest absolute Gasteiger partial charge is 0.292 e. The minimum Gasteiger partial charge on any atom is -0.381 e. The van der Waals surface area contributed by atoms with Crippen LogP contribution in [0.15, 0.2) is 58.4 Å². The quantitative estimate of drug-likeness (QED) is 0.519. The largest absolute Gasteiger partial charge is 0.381 e. The Morgan fingerprint density at radius 2 is 1.73 bits per heavy atom. The third-order valence-corrected chi connectivity index (χ3v) is 6.63. The molecule has 30 heavy (non-hydrogen) atoms. The van der Waals surface area contributed by atoms with Crippen LogP contribution in [0.25, 0.3) is 5.69 Å². The molecule has 1 heterocycles. The molecular weight excluding hydrogens is 447 g/mol. The summed E-state index contributed by atoms with van der Waals surface area (Å²) in [5.74, 6) is 0. The molecule has 0 spiro atoms. The maximum Gasteiger partial charge on any atom is 0.292 e. The van der Waals surface area contributed by atoms with Crippen LogP contribution in [0.5, 0.6) is 0 Å². The fourth-order valence-corrected chi connectivity index (χ4v) is 4.04. The molecule has 0 amide bonds. The summed E-state index contributed by atoms with van der Waals surface area (Å²) in [4.78, 5) is 12.8. The van der Waals surface area contributed by atoms with Crippen molar-refractivity contribution in [2.45, 2.75) is 18.7 Å². The zero-order valence-electron chi connectivity index (χ0n) is 16.3. The van der Waals surface area contributed by atoms with Gasteiger partial charge in [0, 0.05) is 18.1 Å². The SMILES string of the molecule is Cc1ccc(S(=O)(=O)NCCNc2cnn(-c3ccc(C)c(Cl)c3)c(=O)c2Cl)cc1. The van der Waals surface area contributed by atoms with Gasteiger partial charge in [-0.3, -0.25) is 4.79 Å². The average molecular weight is 467 g/mol. The molecular formula is C20H20Cl2N4O3S. The molecule has 0 aliphatic heterocycles. The number of benzene rings is 2. The summed E-state index contributed by atoms with van der Waals surface area (Å²) in [6, 6.07) is 11.7. The number of hydrogen-bond donors (Lipinski definition) is 2. The zero-order chi connectivity index (χ0) is 21.9. The highest BCUT2D eigenvalue weighted by Crippen LogP contribution is 2.20. The predicted molar refractivity (Wildman–Crippen MR) is 119 cm³/mol. The molecule has 0 radical (unpaired) electrons. The molecule has 158 valence electrons. The van der Waals surface area contributed by atoms with Crippen LogP contribution in [0, 0.1) is 13.8 Å². The fourth-order valence-electron chi connectivity index (χ4n) is 2.64. The highest BCUT2D eigenvalue weighted by atomic mass is 35.5. The number of anilines is 1. The third-order valence-electron chi connectivity index (χ3n) is 4.38. The first-order valence-corrected chi connectivity index (χ1v) is 11.3. The fraction of sp³-hybridized carbons (Fsp3) is 0.200. The van der Waals surface area contributed by atoms with E-state index in [4.69, 9.17) is 23.2 Å². The molecule has 0 atom stereocenters. The van der Waals surface area contributed by atoms with Crippen LogP contribution in [-0.2, 0) is 10.0 Å². The minimum atomic E-state index is -3.62. The Balaban J connectivity index is 1.66. The molecule has 7 nitrogen and oxygen atoms in total. The Morgan fingerprint density at radius 1 is 1.03 bits per heavy atom. The number of aryl methyl sites for hydroxylation is 2. The molecule has 0 aliphatic rings. The maximum atomic E-state index is 12.6. The molecule has 10 heteroatoms. The summed E-state index contributed by atoms with van der Waals surface area (Å²) in [6.07, 6.45) is 1.41. The number of sulfonamides is 1. The number of nitrogens with zero attached hydrogens (tertiary/aromatic N) is 2. The third kappa shape index (κ3) is 5.02. The Morgan fingerprint density at radius 3 is 2.40 bits per heavy atom. The van der Waals surface area contributed by atoms with E-state index < -0.39 is 15.6 Å². The van der Waals surface area contributed by atoms with E-state index in [0.29, 0.717) is 16.4 Å². The van der Waals surface area contributed by atoms with Crippen molar-refractivity contribution in [3.63, 3.8) is 0 Å². The average Bonchev–Trinajstić information content (AvgIpc) is 2.71. The summed E-state index contributed by atoms with van der Waals surface area (Å²) < 4.78 is 28.2. The van der Waals surface area contributed by atoms with Crippen molar-refractivity contribution in [1.82, 2.24) is 14.5 Å². The first-order valence-electron chi connectivity index (χ1n) is 9.03. The van der Waals surface area contributed by atoms with E-state index in [2.05, 4.69) is 15.1 Å². The first kappa shape index (κ1) is 22.3. The number of rotatable bonds is 7. The molecule has 0 fully saturated rings. The van der Waals surface area contributed by atoms with Crippen molar-refractivity contribution in [1.29, 1.82) is 0 Å². The second-order valence-electron chi connectivity index (χ2n) is 6.66. The van der Waals surface area contributed by atoms with Gasteiger partial charge >= 0.3 is 0 Å². The Kier molecular flexibility index (Phi) is 6.82. The van der Waals surface area contributed by atoms with Gasteiger partial charge in [-0.25, -0.2) is 13.1 Å². The van der Waals surface area contributed by atoms with Crippen molar-refractivity contribution in [3.8, 4) is 5.69 Å². The van der Waals surface area contributed by atoms with Crippen LogP contribution in [0.3, 0.4) is 0 Å². The molecule has 0 unspecified atom stereocenters. The van der Waals surface area contributed by atoms with Gasteiger partial charge in [0.05, 0.1) is 22.5 Å². The second kappa shape index (κ2) is 9.18. The van der Waals surface area contributed by atoms with E-state index in [9.17, 15) is 13.2 Å². The van der Waals surface area contributed by atoms with Crippen LogP contribution in [0.4, 0.5) is 5.69 Å². The van der Waals surface area contributed by atoms with Crippen molar-refractivity contribution in [2.24, 2.45) is 0 Å². The monoisotopic (exact) mass is 466 g/mol. The summed E-state index contributed by atoms with van der Waals surface area (Å²) in [6.45, 7) is 4.05. The van der Waals surface area contributed by atoms with Gasteiger partial charge in [0.1, 0.15) is 5.02 Å². The lowest BCUT2D eigenvalue weighted by Gasteiger charge is -2.12. The molecule has 3 aromatic rings. The van der Waals surface area contributed by atoms with Crippen molar-refractivity contribution in [3.05, 3.63) is 80.2 Å². The van der Waals surface area contributed by atoms with Crippen LogP contribution >= 0.6 is 23.2 Å². The van der Waals surface area contributed by atoms with E-state index >= 15 is 0 Å². The van der Waals surface area contributed by atoms with E-state index in [1.54, 1.807) is 42.5 Å². The number of hydrogen-bond acceptors (Lipinski definition) is 5. The Hall–Kier alpha value is -2.39. The van der Waals surface area contributed by atoms with E-state index in [1.165, 1.54) is 6.20 Å². The van der Waals surface area contributed by atoms with Crippen molar-refractivity contribution < 1.29 is 8.42 Å². The lowest BCUT2D eigenvalue weighted by molar-refractivity contribution is 0.583. The molecule has 2 aromatic carbocycles. The van der Waals surface area contributed by atoms with Gasteiger partial charge in [-0.15, -0.1) is 0 Å². The Bertz CT molecular complexity index is 1230. The highest BCUT2D eigenvalue weighted by Gasteiger charge is 2.14. The molecule has 0 bridgehead atoms. The van der Waals surface area contributed by atoms with Crippen LogP contribution in [0.1, 0.15) is 11.1 Å². The molecule has 2 N–H and O–H groups in total. The summed E-state index contributed by atoms with van der Waals surface area (Å²) in [7, 11) is -3.62. The van der Waals surface area contributed by atoms with Crippen LogP contribution in [-0.4, -0.2) is 31.3 Å². The molecule has 0 saturated heterocycles. The highest BCUT2D eigenvalue weighted by molar-refractivity contribution is 7.89. The van der Waals surface area contributed by atoms with Gasteiger partial charge in [-0.05, 0) is 43.7 Å². The predicted octanol–water partition coefficient (Wildman–Crippen LogP) is 3.55. The second-order valence-corrected chi connectivity index (χ2v) is 9.21. The normalized spacial score (nSPS) is 11.5. The Labute approximate surface area is 184 Å². The molecule has 0 aliphatic carbocycles. The van der Waals surface area contributed by atoms with Gasteiger partial charge in [0.2, 0.25) is 10.0 Å². The first-order chi connectivity index (χ1) is 14.2. The van der Waals surface area contributed by atoms with Crippen LogP contribution in [0.2, 0.25) is 10.0 Å². The summed E-state index contributed by atoms with van der Waals surface area (Å²) >= 11 is 12.3. The van der Waals surface area contributed by atoms with E-state index in [0.717, 1.165) is 15.8 Å². The molecule has 1 aromatic heterocycles. The standard InChI is InChI=1S/C20H20Cl2N4O3S/c1-13-3-7-16(8-4-13)30(28,29)25-10-9-23-18-12-24-26(20(27)19(18)22)15-6-5-14(2)17(21)11-15/h3-8,11-12,23,25H,9-10H2,1-2H3. The number of aromatic nitrogens is 2. The van der Waals surface area contributed by atoms with Crippen LogP contribution < -0.4 is 15.6 Å².